The van der Waals surface area contributed by atoms with Gasteiger partial charge < -0.3 is 10.2 Å². The van der Waals surface area contributed by atoms with E-state index in [-0.39, 0.29) is 11.8 Å². The third-order valence-electron chi connectivity index (χ3n) is 3.42. The van der Waals surface area contributed by atoms with Gasteiger partial charge in [0.25, 0.3) is 0 Å². The third kappa shape index (κ3) is 2.16. The molecule has 0 spiro atoms. The van der Waals surface area contributed by atoms with Crippen LogP contribution in [0.4, 0.5) is 0 Å². The summed E-state index contributed by atoms with van der Waals surface area (Å²) in [4.78, 5) is 12.1. The zero-order valence-corrected chi connectivity index (χ0v) is 10.6. The van der Waals surface area contributed by atoms with Crippen LogP contribution in [0.2, 0.25) is 5.02 Å². The summed E-state index contributed by atoms with van der Waals surface area (Å²) in [5.74, 6) is 0.831. The fourth-order valence-electron chi connectivity index (χ4n) is 2.17. The van der Waals surface area contributed by atoms with Gasteiger partial charge in [0.05, 0.1) is 5.02 Å². The number of hydrogen-bond donors (Lipinski definition) is 1. The molecule has 4 heteroatoms. The lowest BCUT2D eigenvalue weighted by Crippen LogP contribution is -2.25. The summed E-state index contributed by atoms with van der Waals surface area (Å²) < 4.78 is 5.52. The Morgan fingerprint density at radius 3 is 2.94 bits per heavy atom. The van der Waals surface area contributed by atoms with Crippen molar-refractivity contribution >= 4 is 28.4 Å². The highest BCUT2D eigenvalue weighted by atomic mass is 35.5. The summed E-state index contributed by atoms with van der Waals surface area (Å²) in [6, 6.07) is 7.16. The van der Waals surface area contributed by atoms with Gasteiger partial charge in [-0.3, -0.25) is 4.79 Å². The second-order valence-electron chi connectivity index (χ2n) is 4.90. The predicted octanol–water partition coefficient (Wildman–Crippen LogP) is 3.40. The Balaban J connectivity index is 1.84. The fraction of sp³-hybridized carbons (Fsp3) is 0.357. The Morgan fingerprint density at radius 1 is 1.50 bits per heavy atom. The highest BCUT2D eigenvalue weighted by molar-refractivity contribution is 6.34. The molecule has 1 atom stereocenters. The van der Waals surface area contributed by atoms with Crippen molar-refractivity contribution in [3.8, 4) is 0 Å². The molecule has 2 N–H and O–H groups in total. The van der Waals surface area contributed by atoms with Crippen LogP contribution in [0, 0.1) is 5.92 Å². The lowest BCUT2D eigenvalue weighted by Gasteiger charge is -2.06. The van der Waals surface area contributed by atoms with Gasteiger partial charge in [0.1, 0.15) is 0 Å². The minimum Gasteiger partial charge on any atom is -0.451 e. The van der Waals surface area contributed by atoms with Crippen LogP contribution in [0.5, 0.6) is 0 Å². The molecule has 1 fully saturated rings. The Labute approximate surface area is 110 Å². The number of Topliss-reactive ketones (excluding diaryl/α,β-unsaturated/α-hetero) is 1. The number of para-hydroxylation sites is 1. The Morgan fingerprint density at radius 2 is 2.28 bits per heavy atom. The first kappa shape index (κ1) is 11.8. The zero-order valence-electron chi connectivity index (χ0n) is 9.86. The van der Waals surface area contributed by atoms with Crippen LogP contribution < -0.4 is 5.73 Å². The monoisotopic (exact) mass is 263 g/mol. The summed E-state index contributed by atoms with van der Waals surface area (Å²) in [6.45, 7) is 0. The summed E-state index contributed by atoms with van der Waals surface area (Å²) >= 11 is 6.01. The average Bonchev–Trinajstić information content (AvgIpc) is 3.09. The number of ketones is 1. The largest absolute Gasteiger partial charge is 0.451 e. The van der Waals surface area contributed by atoms with E-state index < -0.39 is 0 Å². The van der Waals surface area contributed by atoms with Crippen LogP contribution >= 0.6 is 11.6 Å². The highest BCUT2D eigenvalue weighted by Gasteiger charge is 2.30. The number of fused-ring (bicyclic) bond motifs is 1. The highest BCUT2D eigenvalue weighted by Crippen LogP contribution is 2.34. The van der Waals surface area contributed by atoms with E-state index in [1.54, 1.807) is 12.1 Å². The van der Waals surface area contributed by atoms with Crippen LogP contribution in [-0.4, -0.2) is 11.8 Å². The van der Waals surface area contributed by atoms with E-state index in [0.29, 0.717) is 28.7 Å². The van der Waals surface area contributed by atoms with Crippen molar-refractivity contribution in [2.24, 2.45) is 11.7 Å². The fourth-order valence-corrected chi connectivity index (χ4v) is 2.39. The number of hydrogen-bond acceptors (Lipinski definition) is 3. The first-order chi connectivity index (χ1) is 8.65. The maximum absolute atomic E-state index is 12.1. The van der Waals surface area contributed by atoms with Crippen molar-refractivity contribution in [3.63, 3.8) is 0 Å². The smallest absolute Gasteiger partial charge is 0.199 e. The normalized spacial score (nSPS) is 17.0. The minimum atomic E-state index is -0.0406. The lowest BCUT2D eigenvalue weighted by atomic mass is 10.1. The van der Waals surface area contributed by atoms with Crippen molar-refractivity contribution in [3.05, 3.63) is 35.0 Å². The van der Waals surface area contributed by atoms with Crippen LogP contribution in [-0.2, 0) is 0 Å². The maximum atomic E-state index is 12.1. The van der Waals surface area contributed by atoms with E-state index in [2.05, 4.69) is 0 Å². The van der Waals surface area contributed by atoms with Crippen molar-refractivity contribution in [2.45, 2.75) is 25.3 Å². The van der Waals surface area contributed by atoms with Gasteiger partial charge in [0, 0.05) is 17.8 Å². The summed E-state index contributed by atoms with van der Waals surface area (Å²) in [7, 11) is 0. The molecular formula is C14H14ClNO2. The third-order valence-corrected chi connectivity index (χ3v) is 3.72. The number of nitrogens with two attached hydrogens (primary N) is 1. The Kier molecular flexibility index (Phi) is 2.88. The van der Waals surface area contributed by atoms with Gasteiger partial charge in [-0.15, -0.1) is 0 Å². The van der Waals surface area contributed by atoms with E-state index in [0.717, 1.165) is 18.2 Å². The van der Waals surface area contributed by atoms with Crippen molar-refractivity contribution in [1.29, 1.82) is 0 Å². The number of carbonyl (C=O) groups excluding carboxylic acids is 1. The van der Waals surface area contributed by atoms with Crippen molar-refractivity contribution < 1.29 is 9.21 Å². The molecular weight excluding hydrogens is 250 g/mol. The number of benzene rings is 1. The van der Waals surface area contributed by atoms with E-state index in [1.165, 1.54) is 0 Å². The van der Waals surface area contributed by atoms with Gasteiger partial charge in [0.15, 0.2) is 17.1 Å². The molecule has 18 heavy (non-hydrogen) atoms. The van der Waals surface area contributed by atoms with Gasteiger partial charge in [-0.1, -0.05) is 23.7 Å². The quantitative estimate of drug-likeness (QED) is 0.860. The van der Waals surface area contributed by atoms with Gasteiger partial charge in [-0.05, 0) is 30.9 Å². The molecule has 0 amide bonds. The molecule has 1 heterocycles. The predicted molar refractivity (Wildman–Crippen MR) is 70.9 cm³/mol. The molecule has 1 aromatic carbocycles. The second-order valence-corrected chi connectivity index (χ2v) is 5.30. The number of furan rings is 1. The molecule has 1 aliphatic carbocycles. The molecule has 2 aromatic rings. The van der Waals surface area contributed by atoms with Crippen LogP contribution in [0.25, 0.3) is 11.0 Å². The average molecular weight is 264 g/mol. The summed E-state index contributed by atoms with van der Waals surface area (Å²) in [5, 5.41) is 1.38. The van der Waals surface area contributed by atoms with E-state index in [1.807, 2.05) is 12.1 Å². The molecule has 3 nitrogen and oxygen atoms in total. The topological polar surface area (TPSA) is 56.2 Å². The molecule has 3 rings (SSSR count). The lowest BCUT2D eigenvalue weighted by molar-refractivity contribution is 0.0946. The summed E-state index contributed by atoms with van der Waals surface area (Å²) in [6.07, 6.45) is 2.63. The van der Waals surface area contributed by atoms with Crippen LogP contribution in [0.15, 0.2) is 28.7 Å². The van der Waals surface area contributed by atoms with E-state index >= 15 is 0 Å². The van der Waals surface area contributed by atoms with E-state index in [4.69, 9.17) is 21.8 Å². The number of rotatable bonds is 4. The minimum absolute atomic E-state index is 0.0401. The van der Waals surface area contributed by atoms with Gasteiger partial charge in [0.2, 0.25) is 0 Å². The molecule has 1 saturated carbocycles. The van der Waals surface area contributed by atoms with Crippen molar-refractivity contribution in [2.75, 3.05) is 0 Å². The number of carbonyl (C=O) groups is 1. The Hall–Kier alpha value is -1.32. The molecule has 1 aromatic heterocycles. The molecule has 0 bridgehead atoms. The Bertz CT molecular complexity index is 601. The van der Waals surface area contributed by atoms with Crippen molar-refractivity contribution in [1.82, 2.24) is 0 Å². The number of halogens is 1. The first-order valence-corrected chi connectivity index (χ1v) is 6.50. The second kappa shape index (κ2) is 4.41. The van der Waals surface area contributed by atoms with Gasteiger partial charge >= 0.3 is 0 Å². The molecule has 94 valence electrons. The van der Waals surface area contributed by atoms with Gasteiger partial charge in [-0.25, -0.2) is 0 Å². The summed E-state index contributed by atoms with van der Waals surface area (Å²) in [5.41, 5.74) is 6.52. The van der Waals surface area contributed by atoms with E-state index in [9.17, 15) is 4.79 Å². The molecule has 0 saturated heterocycles. The first-order valence-electron chi connectivity index (χ1n) is 6.12. The zero-order chi connectivity index (χ0) is 12.7. The van der Waals surface area contributed by atoms with Gasteiger partial charge in [-0.2, -0.15) is 0 Å². The molecule has 1 aliphatic rings. The van der Waals surface area contributed by atoms with Crippen LogP contribution in [0.3, 0.4) is 0 Å². The molecule has 0 radical (unpaired) electrons. The standard InChI is InChI=1S/C14H14ClNO2/c15-10-3-1-2-9-6-13(18-14(9)10)12(17)7-11(16)8-4-5-8/h1-3,6,8,11H,4-5,7,16H2. The molecule has 0 aliphatic heterocycles. The maximum Gasteiger partial charge on any atom is 0.199 e. The molecule has 1 unspecified atom stereocenters. The van der Waals surface area contributed by atoms with Crippen LogP contribution in [0.1, 0.15) is 29.8 Å². The SMILES string of the molecule is NC(CC(=O)c1cc2cccc(Cl)c2o1)C1CC1.